The van der Waals surface area contributed by atoms with Crippen molar-refractivity contribution in [3.8, 4) is 0 Å². The molecular formula is C13H14F3N3O2. The van der Waals surface area contributed by atoms with Crippen LogP contribution in [-0.2, 0) is 22.3 Å². The van der Waals surface area contributed by atoms with E-state index in [1.807, 2.05) is 0 Å². The lowest BCUT2D eigenvalue weighted by molar-refractivity contribution is -0.146. The second-order valence-electron chi connectivity index (χ2n) is 4.36. The highest BCUT2D eigenvalue weighted by Crippen LogP contribution is 2.31. The second-order valence-corrected chi connectivity index (χ2v) is 4.36. The maximum Gasteiger partial charge on any atom is 0.449 e. The molecule has 1 aromatic carbocycles. The number of nitrogens with one attached hydrogen (secondary N) is 1. The number of imidazole rings is 1. The predicted molar refractivity (Wildman–Crippen MR) is 69.6 cm³/mol. The van der Waals surface area contributed by atoms with Gasteiger partial charge in [-0.2, -0.15) is 13.2 Å². The van der Waals surface area contributed by atoms with Crippen LogP contribution in [0.4, 0.5) is 13.2 Å². The van der Waals surface area contributed by atoms with Gasteiger partial charge in [0.2, 0.25) is 11.7 Å². The van der Waals surface area contributed by atoms with Gasteiger partial charge >= 0.3 is 6.18 Å². The van der Waals surface area contributed by atoms with Crippen LogP contribution >= 0.6 is 0 Å². The first-order valence-electron chi connectivity index (χ1n) is 6.21. The van der Waals surface area contributed by atoms with Crippen LogP contribution < -0.4 is 5.32 Å². The number of aromatic nitrogens is 2. The van der Waals surface area contributed by atoms with Crippen molar-refractivity contribution in [1.29, 1.82) is 0 Å². The summed E-state index contributed by atoms with van der Waals surface area (Å²) in [7, 11) is 1.37. The molecule has 0 aliphatic heterocycles. The van der Waals surface area contributed by atoms with Crippen LogP contribution in [-0.4, -0.2) is 35.7 Å². The molecule has 114 valence electrons. The summed E-state index contributed by atoms with van der Waals surface area (Å²) in [6.07, 6.45) is -4.55. The van der Waals surface area contributed by atoms with Gasteiger partial charge in [0.1, 0.15) is 6.61 Å². The number of methoxy groups -OCH3 is 1. The van der Waals surface area contributed by atoms with Gasteiger partial charge in [0.05, 0.1) is 11.0 Å². The summed E-state index contributed by atoms with van der Waals surface area (Å²) in [4.78, 5) is 14.9. The minimum Gasteiger partial charge on any atom is -0.375 e. The Balaban J connectivity index is 2.22. The number of hydrogen-bond donors (Lipinski definition) is 1. The summed E-state index contributed by atoms with van der Waals surface area (Å²) in [6.45, 7) is -0.0900. The number of hydrogen-bond acceptors (Lipinski definition) is 3. The molecule has 5 nitrogen and oxygen atoms in total. The molecule has 2 aromatic rings. The first kappa shape index (κ1) is 15.3. The summed E-state index contributed by atoms with van der Waals surface area (Å²) >= 11 is 0. The number of alkyl halides is 3. The molecule has 0 atom stereocenters. The molecule has 0 spiro atoms. The Morgan fingerprint density at radius 1 is 1.38 bits per heavy atom. The zero-order valence-electron chi connectivity index (χ0n) is 11.3. The number of carbonyl (C=O) groups excluding carboxylic acids is 1. The number of fused-ring (bicyclic) bond motifs is 1. The fraction of sp³-hybridized carbons (Fsp3) is 0.385. The van der Waals surface area contributed by atoms with Crippen molar-refractivity contribution in [2.45, 2.75) is 12.7 Å². The van der Waals surface area contributed by atoms with Crippen molar-refractivity contribution >= 4 is 16.9 Å². The van der Waals surface area contributed by atoms with E-state index in [2.05, 4.69) is 15.0 Å². The van der Waals surface area contributed by atoms with Crippen molar-refractivity contribution in [3.05, 3.63) is 30.1 Å². The highest BCUT2D eigenvalue weighted by molar-refractivity contribution is 5.77. The monoisotopic (exact) mass is 301 g/mol. The molecule has 2 rings (SSSR count). The van der Waals surface area contributed by atoms with Crippen molar-refractivity contribution in [2.75, 3.05) is 20.3 Å². The molecule has 0 unspecified atom stereocenters. The number of carbonyl (C=O) groups is 1. The SMILES string of the molecule is COCC(=O)NCCn1c(C(F)(F)F)nc2ccccc21. The van der Waals surface area contributed by atoms with Gasteiger partial charge in [-0.25, -0.2) is 4.98 Å². The quantitative estimate of drug-likeness (QED) is 0.916. The van der Waals surface area contributed by atoms with Gasteiger partial charge in [0.25, 0.3) is 0 Å². The lowest BCUT2D eigenvalue weighted by Gasteiger charge is -2.12. The number of benzene rings is 1. The van der Waals surface area contributed by atoms with Gasteiger partial charge in [-0.15, -0.1) is 0 Å². The normalized spacial score (nSPS) is 11.8. The standard InChI is InChI=1S/C13H14F3N3O2/c1-21-8-11(20)17-6-7-19-10-5-3-2-4-9(10)18-12(19)13(14,15)16/h2-5H,6-8H2,1H3,(H,17,20). The Morgan fingerprint density at radius 2 is 2.10 bits per heavy atom. The van der Waals surface area contributed by atoms with Gasteiger partial charge in [0.15, 0.2) is 0 Å². The number of halogens is 3. The Hall–Kier alpha value is -2.09. The van der Waals surface area contributed by atoms with Gasteiger partial charge in [0, 0.05) is 20.2 Å². The van der Waals surface area contributed by atoms with Crippen LogP contribution in [0.25, 0.3) is 11.0 Å². The van der Waals surface area contributed by atoms with Gasteiger partial charge in [-0.3, -0.25) is 4.79 Å². The molecule has 1 heterocycles. The Bertz CT molecular complexity index is 637. The summed E-state index contributed by atoms with van der Waals surface area (Å²) < 4.78 is 44.7. The van der Waals surface area contributed by atoms with E-state index < -0.39 is 12.0 Å². The number of ether oxygens (including phenoxy) is 1. The van der Waals surface area contributed by atoms with Crippen LogP contribution in [0.3, 0.4) is 0 Å². The average molecular weight is 301 g/mol. The van der Waals surface area contributed by atoms with E-state index in [9.17, 15) is 18.0 Å². The van der Waals surface area contributed by atoms with Crippen molar-refractivity contribution < 1.29 is 22.7 Å². The molecule has 0 aliphatic rings. The van der Waals surface area contributed by atoms with Gasteiger partial charge in [-0.1, -0.05) is 12.1 Å². The molecule has 0 fully saturated rings. The fourth-order valence-corrected chi connectivity index (χ4v) is 2.01. The molecule has 0 saturated carbocycles. The molecule has 0 saturated heterocycles. The second kappa shape index (κ2) is 6.13. The first-order chi connectivity index (χ1) is 9.93. The molecule has 21 heavy (non-hydrogen) atoms. The van der Waals surface area contributed by atoms with E-state index in [1.54, 1.807) is 18.2 Å². The zero-order chi connectivity index (χ0) is 15.5. The highest BCUT2D eigenvalue weighted by atomic mass is 19.4. The largest absolute Gasteiger partial charge is 0.449 e. The number of rotatable bonds is 5. The topological polar surface area (TPSA) is 56.1 Å². The first-order valence-corrected chi connectivity index (χ1v) is 6.21. The molecule has 0 aliphatic carbocycles. The van der Waals surface area contributed by atoms with E-state index >= 15 is 0 Å². The molecular weight excluding hydrogens is 287 g/mol. The predicted octanol–water partition coefficient (Wildman–Crippen LogP) is 1.82. The summed E-state index contributed by atoms with van der Waals surface area (Å²) in [5.74, 6) is -1.35. The Kier molecular flexibility index (Phi) is 4.46. The summed E-state index contributed by atoms with van der Waals surface area (Å²) in [5, 5.41) is 2.49. The lowest BCUT2D eigenvalue weighted by Crippen LogP contribution is -2.31. The molecule has 1 amide bonds. The third-order valence-corrected chi connectivity index (χ3v) is 2.84. The maximum atomic E-state index is 13.0. The molecule has 1 N–H and O–H groups in total. The Morgan fingerprint density at radius 3 is 2.76 bits per heavy atom. The van der Waals surface area contributed by atoms with E-state index in [0.717, 1.165) is 4.57 Å². The summed E-state index contributed by atoms with van der Waals surface area (Å²) in [6, 6.07) is 6.35. The summed E-state index contributed by atoms with van der Waals surface area (Å²) in [5.41, 5.74) is 0.652. The zero-order valence-corrected chi connectivity index (χ0v) is 11.3. The minimum absolute atomic E-state index is 0.0230. The van der Waals surface area contributed by atoms with E-state index in [0.29, 0.717) is 5.52 Å². The van der Waals surface area contributed by atoms with Crippen molar-refractivity contribution in [2.24, 2.45) is 0 Å². The van der Waals surface area contributed by atoms with Crippen LogP contribution in [0.2, 0.25) is 0 Å². The van der Waals surface area contributed by atoms with E-state index in [1.165, 1.54) is 13.2 Å². The van der Waals surface area contributed by atoms with Crippen LogP contribution in [0.15, 0.2) is 24.3 Å². The molecule has 1 aromatic heterocycles. The highest BCUT2D eigenvalue weighted by Gasteiger charge is 2.37. The number of amides is 1. The maximum absolute atomic E-state index is 13.0. The van der Waals surface area contributed by atoms with Gasteiger partial charge in [-0.05, 0) is 12.1 Å². The lowest BCUT2D eigenvalue weighted by atomic mass is 10.3. The molecule has 8 heteroatoms. The van der Waals surface area contributed by atoms with Crippen LogP contribution in [0.1, 0.15) is 5.82 Å². The van der Waals surface area contributed by atoms with Crippen molar-refractivity contribution in [3.63, 3.8) is 0 Å². The van der Waals surface area contributed by atoms with Crippen LogP contribution in [0.5, 0.6) is 0 Å². The number of nitrogens with zero attached hydrogens (tertiary/aromatic N) is 2. The third-order valence-electron chi connectivity index (χ3n) is 2.84. The minimum atomic E-state index is -4.55. The van der Waals surface area contributed by atoms with E-state index in [4.69, 9.17) is 0 Å². The average Bonchev–Trinajstić information content (AvgIpc) is 2.78. The fourth-order valence-electron chi connectivity index (χ4n) is 2.01. The van der Waals surface area contributed by atoms with Gasteiger partial charge < -0.3 is 14.6 Å². The van der Waals surface area contributed by atoms with Crippen LogP contribution in [0, 0.1) is 0 Å². The van der Waals surface area contributed by atoms with Crippen molar-refractivity contribution in [1.82, 2.24) is 14.9 Å². The molecule has 0 bridgehead atoms. The smallest absolute Gasteiger partial charge is 0.375 e. The third kappa shape index (κ3) is 3.52. The molecule has 0 radical (unpaired) electrons. The Labute approximate surface area is 118 Å². The van der Waals surface area contributed by atoms with E-state index in [-0.39, 0.29) is 31.1 Å². The number of para-hydroxylation sites is 2.